The minimum Gasteiger partial charge on any atom is -0.384 e. The molecular weight excluding hydrogens is 587 g/mol. The van der Waals surface area contributed by atoms with E-state index in [0.29, 0.717) is 25.1 Å². The summed E-state index contributed by atoms with van der Waals surface area (Å²) in [6, 6.07) is 13.4. The summed E-state index contributed by atoms with van der Waals surface area (Å²) in [5, 5.41) is 14.0. The number of pyridine rings is 2. The first-order chi connectivity index (χ1) is 21.4. The van der Waals surface area contributed by atoms with Crippen molar-refractivity contribution in [3.8, 4) is 11.3 Å². The van der Waals surface area contributed by atoms with Gasteiger partial charge in [0.05, 0.1) is 23.5 Å². The summed E-state index contributed by atoms with van der Waals surface area (Å²) in [4.78, 5) is 46.4. The number of amides is 2. The summed E-state index contributed by atoms with van der Waals surface area (Å²) in [6.45, 7) is 1.12. The first-order valence-corrected chi connectivity index (χ1v) is 15.3. The van der Waals surface area contributed by atoms with E-state index in [1.165, 1.54) is 18.2 Å². The highest BCUT2D eigenvalue weighted by molar-refractivity contribution is 5.96. The maximum atomic E-state index is 13.1. The first-order valence-electron chi connectivity index (χ1n) is 15.3. The molecule has 2 N–H and O–H groups in total. The molecule has 1 aliphatic carbocycles. The number of aromatic nitrogens is 2. The van der Waals surface area contributed by atoms with Gasteiger partial charge in [-0.1, -0.05) is 12.1 Å². The van der Waals surface area contributed by atoms with E-state index in [1.807, 2.05) is 18.2 Å². The lowest BCUT2D eigenvalue weighted by Crippen LogP contribution is -2.47. The van der Waals surface area contributed by atoms with E-state index in [9.17, 15) is 32.7 Å². The lowest BCUT2D eigenvalue weighted by atomic mass is 9.79. The summed E-state index contributed by atoms with van der Waals surface area (Å²) >= 11 is 0. The van der Waals surface area contributed by atoms with Gasteiger partial charge >= 0.3 is 6.18 Å². The molecule has 1 aromatic carbocycles. The number of hydrogen-bond acceptors (Lipinski definition) is 6. The smallest absolute Gasteiger partial charge is 0.384 e. The van der Waals surface area contributed by atoms with Gasteiger partial charge in [-0.2, -0.15) is 13.2 Å². The van der Waals surface area contributed by atoms with Crippen molar-refractivity contribution >= 4 is 11.8 Å². The molecule has 45 heavy (non-hydrogen) atoms. The van der Waals surface area contributed by atoms with Crippen LogP contribution in [-0.2, 0) is 23.6 Å². The van der Waals surface area contributed by atoms with E-state index < -0.39 is 23.2 Å². The van der Waals surface area contributed by atoms with Crippen molar-refractivity contribution < 1.29 is 27.9 Å². The quantitative estimate of drug-likeness (QED) is 0.434. The molecule has 0 unspecified atom stereocenters. The highest BCUT2D eigenvalue weighted by Crippen LogP contribution is 2.42. The van der Waals surface area contributed by atoms with E-state index >= 15 is 0 Å². The lowest BCUT2D eigenvalue weighted by Gasteiger charge is -2.41. The molecule has 2 atom stereocenters. The number of carbonyl (C=O) groups excluding carboxylic acids is 2. The number of aliphatic hydroxyl groups is 1. The second kappa shape index (κ2) is 12.1. The van der Waals surface area contributed by atoms with Crippen LogP contribution in [-0.4, -0.2) is 74.0 Å². The third kappa shape index (κ3) is 6.13. The molecular formula is C33H36F3N5O4. The van der Waals surface area contributed by atoms with E-state index in [4.69, 9.17) is 0 Å². The lowest BCUT2D eigenvalue weighted by molar-refractivity contribution is -0.137. The SMILES string of the molecule is Cn1c(-c2ccc(C3(O)CCC(N4CC[C@@H]5[C@H]4CCN5C(=O)CNC(=O)c4cccc(C(F)(F)F)c4)CC3)nc2)cccc1=O. The van der Waals surface area contributed by atoms with Crippen LogP contribution < -0.4 is 10.9 Å². The van der Waals surface area contributed by atoms with Gasteiger partial charge in [0, 0.05) is 61.7 Å². The molecule has 1 saturated carbocycles. The summed E-state index contributed by atoms with van der Waals surface area (Å²) in [6.07, 6.45) is 1.46. The van der Waals surface area contributed by atoms with Crippen molar-refractivity contribution in [1.29, 1.82) is 0 Å². The van der Waals surface area contributed by atoms with E-state index in [0.717, 1.165) is 55.6 Å². The number of nitrogens with one attached hydrogen (secondary N) is 1. The third-order valence-corrected chi connectivity index (χ3v) is 9.76. The Bertz CT molecular complexity index is 1630. The highest BCUT2D eigenvalue weighted by Gasteiger charge is 2.48. The highest BCUT2D eigenvalue weighted by atomic mass is 19.4. The van der Waals surface area contributed by atoms with Gasteiger partial charge in [-0.05, 0) is 74.9 Å². The van der Waals surface area contributed by atoms with Crippen molar-refractivity contribution in [3.05, 3.63) is 88.0 Å². The van der Waals surface area contributed by atoms with Crippen molar-refractivity contribution in [2.24, 2.45) is 7.05 Å². The Morgan fingerprint density at radius 3 is 2.44 bits per heavy atom. The average molecular weight is 624 g/mol. The van der Waals surface area contributed by atoms with Crippen LogP contribution in [0.2, 0.25) is 0 Å². The minimum atomic E-state index is -4.56. The van der Waals surface area contributed by atoms with Gasteiger partial charge in [0.25, 0.3) is 11.5 Å². The normalized spacial score (nSPS) is 25.3. The molecule has 3 aromatic rings. The zero-order valence-corrected chi connectivity index (χ0v) is 25.0. The fourth-order valence-electron chi connectivity index (χ4n) is 7.32. The summed E-state index contributed by atoms with van der Waals surface area (Å²) in [7, 11) is 1.71. The van der Waals surface area contributed by atoms with Crippen LogP contribution in [0.4, 0.5) is 13.2 Å². The number of likely N-dealkylation sites (tertiary alicyclic amines) is 2. The summed E-state index contributed by atoms with van der Waals surface area (Å²) in [5.41, 5.74) is -0.0227. The van der Waals surface area contributed by atoms with E-state index in [2.05, 4.69) is 15.2 Å². The topological polar surface area (TPSA) is 108 Å². The molecule has 3 fully saturated rings. The molecule has 4 heterocycles. The van der Waals surface area contributed by atoms with Gasteiger partial charge in [0.1, 0.15) is 5.60 Å². The number of halogens is 3. The van der Waals surface area contributed by atoms with Crippen molar-refractivity contribution in [2.45, 2.75) is 68.4 Å². The molecule has 2 aromatic heterocycles. The standard InChI is InChI=1S/C33H36F3N5O4/c1-39-25(6-3-7-29(39)42)22-8-9-28(37-19-22)32(45)14-10-24(11-15-32)40-16-12-27-26(40)13-17-41(27)30(43)20-38-31(44)21-4-2-5-23(18-21)33(34,35)36/h2-9,18-19,24,26-27,45H,10-17,20H2,1H3,(H,38,44)/t24?,26-,27-,32?/m1/s1. The maximum absolute atomic E-state index is 13.1. The zero-order chi connectivity index (χ0) is 31.9. The van der Waals surface area contributed by atoms with Gasteiger partial charge in [-0.3, -0.25) is 24.3 Å². The monoisotopic (exact) mass is 623 g/mol. The van der Waals surface area contributed by atoms with Crippen molar-refractivity contribution in [2.75, 3.05) is 19.6 Å². The molecule has 6 rings (SSSR count). The third-order valence-electron chi connectivity index (χ3n) is 9.76. The van der Waals surface area contributed by atoms with Gasteiger partial charge in [-0.25, -0.2) is 0 Å². The second-order valence-electron chi connectivity index (χ2n) is 12.3. The van der Waals surface area contributed by atoms with Gasteiger partial charge < -0.3 is 19.9 Å². The minimum absolute atomic E-state index is 0.0203. The summed E-state index contributed by atoms with van der Waals surface area (Å²) in [5.74, 6) is -0.962. The van der Waals surface area contributed by atoms with E-state index in [-0.39, 0.29) is 41.7 Å². The number of rotatable bonds is 6. The predicted molar refractivity (Wildman–Crippen MR) is 160 cm³/mol. The fraction of sp³-hybridized carbons (Fsp3) is 0.455. The van der Waals surface area contributed by atoms with Crippen molar-refractivity contribution in [1.82, 2.24) is 24.7 Å². The first kappa shape index (κ1) is 31.0. The van der Waals surface area contributed by atoms with Crippen molar-refractivity contribution in [3.63, 3.8) is 0 Å². The van der Waals surface area contributed by atoms with Crippen LogP contribution >= 0.6 is 0 Å². The van der Waals surface area contributed by atoms with Crippen LogP contribution in [0.25, 0.3) is 11.3 Å². The largest absolute Gasteiger partial charge is 0.416 e. The van der Waals surface area contributed by atoms with Gasteiger partial charge in [0.2, 0.25) is 5.91 Å². The second-order valence-corrected chi connectivity index (χ2v) is 12.3. The number of fused-ring (bicyclic) bond motifs is 1. The van der Waals surface area contributed by atoms with Crippen LogP contribution in [0.3, 0.4) is 0 Å². The van der Waals surface area contributed by atoms with Gasteiger partial charge in [0.15, 0.2) is 0 Å². The Morgan fingerprint density at radius 2 is 1.73 bits per heavy atom. The molecule has 0 radical (unpaired) electrons. The zero-order valence-electron chi connectivity index (χ0n) is 25.0. The molecule has 238 valence electrons. The number of alkyl halides is 3. The van der Waals surface area contributed by atoms with Crippen LogP contribution in [0.5, 0.6) is 0 Å². The van der Waals surface area contributed by atoms with Crippen LogP contribution in [0.1, 0.15) is 60.1 Å². The Morgan fingerprint density at radius 1 is 1.00 bits per heavy atom. The maximum Gasteiger partial charge on any atom is 0.416 e. The van der Waals surface area contributed by atoms with Crippen LogP contribution in [0.15, 0.2) is 65.6 Å². The average Bonchev–Trinajstić information content (AvgIpc) is 3.64. The van der Waals surface area contributed by atoms with E-state index in [1.54, 1.807) is 28.8 Å². The number of benzene rings is 1. The number of hydrogen-bond donors (Lipinski definition) is 2. The Kier molecular flexibility index (Phi) is 8.30. The molecule has 2 saturated heterocycles. The predicted octanol–water partition coefficient (Wildman–Crippen LogP) is 3.70. The number of carbonyl (C=O) groups is 2. The van der Waals surface area contributed by atoms with Gasteiger partial charge in [-0.15, -0.1) is 0 Å². The molecule has 9 nitrogen and oxygen atoms in total. The summed E-state index contributed by atoms with van der Waals surface area (Å²) < 4.78 is 40.6. The Balaban J connectivity index is 1.02. The number of nitrogens with zero attached hydrogens (tertiary/aromatic N) is 4. The molecule has 0 spiro atoms. The Hall–Kier alpha value is -4.03. The molecule has 2 aliphatic heterocycles. The molecule has 12 heteroatoms. The fourth-order valence-corrected chi connectivity index (χ4v) is 7.32. The molecule has 3 aliphatic rings. The molecule has 0 bridgehead atoms. The molecule has 2 amide bonds. The Labute approximate surface area is 258 Å². The van der Waals surface area contributed by atoms with Crippen LogP contribution in [0, 0.1) is 0 Å².